The van der Waals surface area contributed by atoms with Gasteiger partial charge in [0, 0.05) is 16.2 Å². The third kappa shape index (κ3) is 1.34. The van der Waals surface area contributed by atoms with Gasteiger partial charge in [0.15, 0.2) is 0 Å². The summed E-state index contributed by atoms with van der Waals surface area (Å²) >= 11 is 3.41. The van der Waals surface area contributed by atoms with Crippen molar-refractivity contribution in [2.75, 3.05) is 12.3 Å². The van der Waals surface area contributed by atoms with Crippen molar-refractivity contribution < 1.29 is 0 Å². The van der Waals surface area contributed by atoms with E-state index in [-0.39, 0.29) is 0 Å². The van der Waals surface area contributed by atoms with Crippen LogP contribution in [0.25, 0.3) is 0 Å². The van der Waals surface area contributed by atoms with E-state index in [9.17, 15) is 0 Å². The molecule has 3 heteroatoms. The van der Waals surface area contributed by atoms with Crippen LogP contribution in [0.15, 0.2) is 22.7 Å². The van der Waals surface area contributed by atoms with E-state index in [1.54, 1.807) is 0 Å². The number of halogens is 1. The van der Waals surface area contributed by atoms with Gasteiger partial charge in [0.1, 0.15) is 0 Å². The molecule has 1 aromatic rings. The SMILES string of the molecule is Nc1ccc(C2CCN2)cc1Br. The first kappa shape index (κ1) is 8.08. The van der Waals surface area contributed by atoms with Crippen LogP contribution in [0.5, 0.6) is 0 Å². The Bertz CT molecular complexity index is 295. The summed E-state index contributed by atoms with van der Waals surface area (Å²) < 4.78 is 0.994. The summed E-state index contributed by atoms with van der Waals surface area (Å²) in [7, 11) is 0. The Morgan fingerprint density at radius 2 is 2.25 bits per heavy atom. The highest BCUT2D eigenvalue weighted by Crippen LogP contribution is 2.28. The zero-order valence-corrected chi connectivity index (χ0v) is 8.26. The number of nitrogens with one attached hydrogen (secondary N) is 1. The lowest BCUT2D eigenvalue weighted by molar-refractivity contribution is 0.383. The summed E-state index contributed by atoms with van der Waals surface area (Å²) in [5.41, 5.74) is 7.81. The summed E-state index contributed by atoms with van der Waals surface area (Å²) in [4.78, 5) is 0. The first-order valence-electron chi connectivity index (χ1n) is 4.05. The average molecular weight is 227 g/mol. The van der Waals surface area contributed by atoms with Gasteiger partial charge >= 0.3 is 0 Å². The molecule has 12 heavy (non-hydrogen) atoms. The van der Waals surface area contributed by atoms with Crippen molar-refractivity contribution in [1.29, 1.82) is 0 Å². The molecule has 3 N–H and O–H groups in total. The van der Waals surface area contributed by atoms with Crippen molar-refractivity contribution in [2.45, 2.75) is 12.5 Å². The second kappa shape index (κ2) is 3.07. The van der Waals surface area contributed by atoms with Crippen LogP contribution in [0, 0.1) is 0 Å². The largest absolute Gasteiger partial charge is 0.398 e. The zero-order chi connectivity index (χ0) is 8.55. The van der Waals surface area contributed by atoms with Gasteiger partial charge in [-0.25, -0.2) is 0 Å². The molecule has 0 aliphatic carbocycles. The third-order valence-electron chi connectivity index (χ3n) is 2.25. The Morgan fingerprint density at radius 1 is 1.50 bits per heavy atom. The van der Waals surface area contributed by atoms with Crippen molar-refractivity contribution in [3.8, 4) is 0 Å². The molecule has 1 fully saturated rings. The lowest BCUT2D eigenvalue weighted by Gasteiger charge is -2.28. The normalized spacial score (nSPS) is 21.9. The van der Waals surface area contributed by atoms with Crippen LogP contribution in [-0.2, 0) is 0 Å². The molecule has 64 valence electrons. The molecule has 2 nitrogen and oxygen atoms in total. The van der Waals surface area contributed by atoms with Gasteiger partial charge in [-0.3, -0.25) is 0 Å². The molecule has 0 saturated carbocycles. The maximum absolute atomic E-state index is 5.68. The molecule has 0 radical (unpaired) electrons. The van der Waals surface area contributed by atoms with Crippen LogP contribution in [0.4, 0.5) is 5.69 Å². The minimum absolute atomic E-state index is 0.543. The number of anilines is 1. The zero-order valence-electron chi connectivity index (χ0n) is 6.68. The Labute approximate surface area is 80.3 Å². The van der Waals surface area contributed by atoms with E-state index in [0.717, 1.165) is 16.7 Å². The topological polar surface area (TPSA) is 38.0 Å². The molecule has 1 atom stereocenters. The molecule has 1 aromatic carbocycles. The van der Waals surface area contributed by atoms with Gasteiger partial charge in [0.2, 0.25) is 0 Å². The number of benzene rings is 1. The van der Waals surface area contributed by atoms with Gasteiger partial charge in [-0.1, -0.05) is 6.07 Å². The van der Waals surface area contributed by atoms with Gasteiger partial charge in [0.05, 0.1) is 0 Å². The Balaban J connectivity index is 2.27. The lowest BCUT2D eigenvalue weighted by Crippen LogP contribution is -2.34. The summed E-state index contributed by atoms with van der Waals surface area (Å²) in [6.07, 6.45) is 1.23. The molecule has 0 spiro atoms. The van der Waals surface area contributed by atoms with E-state index in [0.29, 0.717) is 6.04 Å². The van der Waals surface area contributed by atoms with Crippen LogP contribution in [0.2, 0.25) is 0 Å². The summed E-state index contributed by atoms with van der Waals surface area (Å²) in [5.74, 6) is 0. The Morgan fingerprint density at radius 3 is 2.75 bits per heavy atom. The van der Waals surface area contributed by atoms with Crippen LogP contribution in [-0.4, -0.2) is 6.54 Å². The van der Waals surface area contributed by atoms with Crippen molar-refractivity contribution in [1.82, 2.24) is 5.32 Å². The number of nitrogens with two attached hydrogens (primary N) is 1. The van der Waals surface area contributed by atoms with Crippen LogP contribution < -0.4 is 11.1 Å². The van der Waals surface area contributed by atoms with E-state index in [2.05, 4.69) is 33.4 Å². The number of nitrogen functional groups attached to an aromatic ring is 1. The molecule has 0 bridgehead atoms. The van der Waals surface area contributed by atoms with Crippen molar-refractivity contribution in [2.24, 2.45) is 0 Å². The molecule has 1 saturated heterocycles. The first-order chi connectivity index (χ1) is 5.77. The fourth-order valence-corrected chi connectivity index (χ4v) is 1.73. The second-order valence-electron chi connectivity index (χ2n) is 3.08. The second-order valence-corrected chi connectivity index (χ2v) is 3.93. The minimum Gasteiger partial charge on any atom is -0.398 e. The van der Waals surface area contributed by atoms with E-state index in [1.807, 2.05) is 6.07 Å². The number of rotatable bonds is 1. The van der Waals surface area contributed by atoms with Crippen molar-refractivity contribution in [3.05, 3.63) is 28.2 Å². The summed E-state index contributed by atoms with van der Waals surface area (Å²) in [6, 6.07) is 6.66. The molecule has 1 aliphatic heterocycles. The van der Waals surface area contributed by atoms with Crippen LogP contribution >= 0.6 is 15.9 Å². The molecule has 0 aromatic heterocycles. The van der Waals surface area contributed by atoms with Gasteiger partial charge < -0.3 is 11.1 Å². The highest BCUT2D eigenvalue weighted by Gasteiger charge is 2.18. The van der Waals surface area contributed by atoms with E-state index < -0.39 is 0 Å². The first-order valence-corrected chi connectivity index (χ1v) is 4.85. The predicted molar refractivity (Wildman–Crippen MR) is 53.9 cm³/mol. The predicted octanol–water partition coefficient (Wildman–Crippen LogP) is 2.07. The molecular weight excluding hydrogens is 216 g/mol. The smallest absolute Gasteiger partial charge is 0.0458 e. The van der Waals surface area contributed by atoms with Crippen molar-refractivity contribution >= 4 is 21.6 Å². The van der Waals surface area contributed by atoms with Gasteiger partial charge in [0.25, 0.3) is 0 Å². The fourth-order valence-electron chi connectivity index (χ4n) is 1.33. The lowest BCUT2D eigenvalue weighted by atomic mass is 9.98. The Kier molecular flexibility index (Phi) is 2.07. The highest BCUT2D eigenvalue weighted by molar-refractivity contribution is 9.10. The number of hydrogen-bond acceptors (Lipinski definition) is 2. The summed E-state index contributed by atoms with van der Waals surface area (Å²) in [5, 5.41) is 3.35. The maximum atomic E-state index is 5.68. The van der Waals surface area contributed by atoms with Crippen LogP contribution in [0.1, 0.15) is 18.0 Å². The average Bonchev–Trinajstić information content (AvgIpc) is 1.93. The monoisotopic (exact) mass is 226 g/mol. The highest BCUT2D eigenvalue weighted by atomic mass is 79.9. The quantitative estimate of drug-likeness (QED) is 0.720. The molecule has 0 amide bonds. The third-order valence-corrected chi connectivity index (χ3v) is 2.94. The van der Waals surface area contributed by atoms with E-state index >= 15 is 0 Å². The van der Waals surface area contributed by atoms with Gasteiger partial charge in [-0.2, -0.15) is 0 Å². The standard InChI is InChI=1S/C9H11BrN2/c10-7-5-6(1-2-8(7)11)9-3-4-12-9/h1-2,5,9,12H,3-4,11H2. The van der Waals surface area contributed by atoms with Crippen LogP contribution in [0.3, 0.4) is 0 Å². The van der Waals surface area contributed by atoms with E-state index in [4.69, 9.17) is 5.73 Å². The Hall–Kier alpha value is -0.540. The van der Waals surface area contributed by atoms with Gasteiger partial charge in [-0.05, 0) is 46.6 Å². The number of hydrogen-bond donors (Lipinski definition) is 2. The van der Waals surface area contributed by atoms with Crippen molar-refractivity contribution in [3.63, 3.8) is 0 Å². The minimum atomic E-state index is 0.543. The molecular formula is C9H11BrN2. The molecule has 2 rings (SSSR count). The molecule has 1 heterocycles. The summed E-state index contributed by atoms with van der Waals surface area (Å²) in [6.45, 7) is 1.13. The molecule has 1 aliphatic rings. The van der Waals surface area contributed by atoms with E-state index in [1.165, 1.54) is 12.0 Å². The van der Waals surface area contributed by atoms with Gasteiger partial charge in [-0.15, -0.1) is 0 Å². The molecule has 1 unspecified atom stereocenters. The maximum Gasteiger partial charge on any atom is 0.0458 e. The fraction of sp³-hybridized carbons (Fsp3) is 0.333.